The third-order valence-electron chi connectivity index (χ3n) is 3.23. The van der Waals surface area contributed by atoms with Gasteiger partial charge < -0.3 is 9.84 Å². The Labute approximate surface area is 133 Å². The fraction of sp³-hybridized carbons (Fsp3) is 0.188. The second-order valence-electron chi connectivity index (χ2n) is 4.47. The normalized spacial score (nSPS) is 10.5. The lowest BCUT2D eigenvalue weighted by Crippen LogP contribution is -2.06. The van der Waals surface area contributed by atoms with Gasteiger partial charge in [-0.25, -0.2) is 4.79 Å². The van der Waals surface area contributed by atoms with Gasteiger partial charge in [0, 0.05) is 15.6 Å². The van der Waals surface area contributed by atoms with Crippen molar-refractivity contribution < 1.29 is 14.6 Å². The molecular formula is C16H14Cl2O3. The molecular weight excluding hydrogens is 311 g/mol. The number of phenols is 1. The number of phenolic OH excluding ortho intramolecular Hbond substituents is 1. The Morgan fingerprint density at radius 2 is 1.86 bits per heavy atom. The van der Waals surface area contributed by atoms with Crippen LogP contribution in [-0.2, 0) is 11.2 Å². The van der Waals surface area contributed by atoms with Crippen LogP contribution in [0.5, 0.6) is 5.75 Å². The number of hydrogen-bond acceptors (Lipinski definition) is 3. The van der Waals surface area contributed by atoms with Gasteiger partial charge in [0.05, 0.1) is 7.11 Å². The van der Waals surface area contributed by atoms with Gasteiger partial charge in [-0.15, -0.1) is 0 Å². The zero-order chi connectivity index (χ0) is 15.6. The molecule has 2 rings (SSSR count). The van der Waals surface area contributed by atoms with Gasteiger partial charge >= 0.3 is 5.97 Å². The van der Waals surface area contributed by atoms with E-state index in [2.05, 4.69) is 0 Å². The molecule has 0 fully saturated rings. The van der Waals surface area contributed by atoms with Crippen molar-refractivity contribution in [1.82, 2.24) is 0 Å². The number of methoxy groups -OCH3 is 1. The van der Waals surface area contributed by atoms with Crippen LogP contribution in [0.4, 0.5) is 0 Å². The maximum Gasteiger partial charge on any atom is 0.342 e. The molecule has 0 atom stereocenters. The van der Waals surface area contributed by atoms with E-state index in [0.29, 0.717) is 33.2 Å². The summed E-state index contributed by atoms with van der Waals surface area (Å²) in [5.41, 5.74) is 1.79. The molecule has 110 valence electrons. The number of carbonyl (C=O) groups is 1. The van der Waals surface area contributed by atoms with Gasteiger partial charge in [-0.2, -0.15) is 0 Å². The van der Waals surface area contributed by atoms with Crippen molar-refractivity contribution in [3.05, 3.63) is 51.5 Å². The molecule has 0 heterocycles. The minimum absolute atomic E-state index is 0.0733. The molecule has 0 aliphatic carbocycles. The zero-order valence-corrected chi connectivity index (χ0v) is 13.1. The summed E-state index contributed by atoms with van der Waals surface area (Å²) in [5.74, 6) is -0.728. The number of esters is 1. The van der Waals surface area contributed by atoms with Gasteiger partial charge in [0.2, 0.25) is 0 Å². The van der Waals surface area contributed by atoms with Crippen molar-refractivity contribution in [1.29, 1.82) is 0 Å². The lowest BCUT2D eigenvalue weighted by atomic mass is 9.95. The van der Waals surface area contributed by atoms with Gasteiger partial charge in [-0.05, 0) is 35.7 Å². The molecule has 0 aliphatic rings. The highest BCUT2D eigenvalue weighted by Gasteiger charge is 2.23. The molecule has 0 bridgehead atoms. The summed E-state index contributed by atoms with van der Waals surface area (Å²) in [6, 6.07) is 8.52. The van der Waals surface area contributed by atoms with E-state index in [9.17, 15) is 9.90 Å². The minimum atomic E-state index is -0.630. The van der Waals surface area contributed by atoms with E-state index in [1.807, 2.05) is 6.92 Å². The summed E-state index contributed by atoms with van der Waals surface area (Å²) in [7, 11) is 1.26. The van der Waals surface area contributed by atoms with Crippen LogP contribution in [0.2, 0.25) is 10.0 Å². The van der Waals surface area contributed by atoms with Gasteiger partial charge in [-0.1, -0.05) is 42.3 Å². The van der Waals surface area contributed by atoms with Gasteiger partial charge in [0.1, 0.15) is 11.3 Å². The number of rotatable bonds is 3. The average Bonchev–Trinajstić information content (AvgIpc) is 2.49. The van der Waals surface area contributed by atoms with E-state index in [4.69, 9.17) is 27.9 Å². The summed E-state index contributed by atoms with van der Waals surface area (Å²) in [5, 5.41) is 11.3. The fourth-order valence-corrected chi connectivity index (χ4v) is 2.62. The minimum Gasteiger partial charge on any atom is -0.507 e. The van der Waals surface area contributed by atoms with E-state index >= 15 is 0 Å². The maximum atomic E-state index is 12.0. The number of hydrogen-bond donors (Lipinski definition) is 1. The molecule has 0 aromatic heterocycles. The van der Waals surface area contributed by atoms with Crippen molar-refractivity contribution in [3.8, 4) is 16.9 Å². The quantitative estimate of drug-likeness (QED) is 0.831. The fourth-order valence-electron chi connectivity index (χ4n) is 2.16. The van der Waals surface area contributed by atoms with Crippen LogP contribution < -0.4 is 0 Å². The van der Waals surface area contributed by atoms with Crippen molar-refractivity contribution >= 4 is 29.2 Å². The predicted octanol–water partition coefficient (Wildman–Crippen LogP) is 4.72. The number of benzene rings is 2. The summed E-state index contributed by atoms with van der Waals surface area (Å²) in [6.45, 7) is 1.87. The Morgan fingerprint density at radius 3 is 2.38 bits per heavy atom. The van der Waals surface area contributed by atoms with Crippen LogP contribution in [0.3, 0.4) is 0 Å². The largest absolute Gasteiger partial charge is 0.507 e. The molecule has 3 nitrogen and oxygen atoms in total. The van der Waals surface area contributed by atoms with Crippen LogP contribution >= 0.6 is 23.2 Å². The second kappa shape index (κ2) is 6.37. The Hall–Kier alpha value is -1.71. The lowest BCUT2D eigenvalue weighted by molar-refractivity contribution is 0.0598. The van der Waals surface area contributed by atoms with Crippen molar-refractivity contribution in [3.63, 3.8) is 0 Å². The third-order valence-corrected chi connectivity index (χ3v) is 3.78. The molecule has 0 spiro atoms. The van der Waals surface area contributed by atoms with E-state index < -0.39 is 5.97 Å². The van der Waals surface area contributed by atoms with Crippen LogP contribution in [0.15, 0.2) is 30.3 Å². The number of aryl methyl sites for hydroxylation is 1. The number of carbonyl (C=O) groups excluding carboxylic acids is 1. The smallest absolute Gasteiger partial charge is 0.342 e. The maximum absolute atomic E-state index is 12.0. The molecule has 0 radical (unpaired) electrons. The molecule has 0 amide bonds. The molecule has 0 saturated carbocycles. The SMILES string of the molecule is CCc1cc(Cl)c(-c2ccc(Cl)cc2)c(C(=O)OC)c1O. The Balaban J connectivity index is 2.77. The standard InChI is InChI=1S/C16H14Cl2O3/c1-3-9-8-12(18)13(10-4-6-11(17)7-5-10)14(15(9)19)16(20)21-2/h4-8,19H,3H2,1-2H3. The topological polar surface area (TPSA) is 46.5 Å². The van der Waals surface area contributed by atoms with E-state index in [1.54, 1.807) is 30.3 Å². The van der Waals surface area contributed by atoms with E-state index in [0.717, 1.165) is 0 Å². The van der Waals surface area contributed by atoms with Gasteiger partial charge in [0.15, 0.2) is 0 Å². The molecule has 1 N–H and O–H groups in total. The molecule has 2 aromatic rings. The first-order valence-electron chi connectivity index (χ1n) is 6.38. The van der Waals surface area contributed by atoms with E-state index in [-0.39, 0.29) is 11.3 Å². The van der Waals surface area contributed by atoms with Gasteiger partial charge in [-0.3, -0.25) is 0 Å². The highest BCUT2D eigenvalue weighted by atomic mass is 35.5. The molecule has 0 aliphatic heterocycles. The first-order chi connectivity index (χ1) is 9.99. The van der Waals surface area contributed by atoms with Crippen LogP contribution in [0, 0.1) is 0 Å². The third kappa shape index (κ3) is 2.99. The van der Waals surface area contributed by atoms with Crippen LogP contribution in [-0.4, -0.2) is 18.2 Å². The summed E-state index contributed by atoms with van der Waals surface area (Å²) in [6.07, 6.45) is 0.552. The van der Waals surface area contributed by atoms with Crippen molar-refractivity contribution in [2.75, 3.05) is 7.11 Å². The molecule has 21 heavy (non-hydrogen) atoms. The van der Waals surface area contributed by atoms with Crippen molar-refractivity contribution in [2.24, 2.45) is 0 Å². The summed E-state index contributed by atoms with van der Waals surface area (Å²) in [4.78, 5) is 12.0. The summed E-state index contributed by atoms with van der Waals surface area (Å²) < 4.78 is 4.77. The zero-order valence-electron chi connectivity index (χ0n) is 11.6. The first-order valence-corrected chi connectivity index (χ1v) is 7.13. The molecule has 5 heteroatoms. The summed E-state index contributed by atoms with van der Waals surface area (Å²) >= 11 is 12.2. The molecule has 0 unspecified atom stereocenters. The van der Waals surface area contributed by atoms with Gasteiger partial charge in [0.25, 0.3) is 0 Å². The predicted molar refractivity (Wildman–Crippen MR) is 84.3 cm³/mol. The Morgan fingerprint density at radius 1 is 1.24 bits per heavy atom. The van der Waals surface area contributed by atoms with Crippen LogP contribution in [0.1, 0.15) is 22.8 Å². The number of halogens is 2. The van der Waals surface area contributed by atoms with Crippen LogP contribution in [0.25, 0.3) is 11.1 Å². The first kappa shape index (κ1) is 15.7. The molecule has 0 saturated heterocycles. The van der Waals surface area contributed by atoms with E-state index in [1.165, 1.54) is 7.11 Å². The highest BCUT2D eigenvalue weighted by Crippen LogP contribution is 2.39. The average molecular weight is 325 g/mol. The second-order valence-corrected chi connectivity index (χ2v) is 5.31. The Kier molecular flexibility index (Phi) is 4.76. The Bertz CT molecular complexity index is 679. The number of aromatic hydroxyl groups is 1. The number of ether oxygens (including phenoxy) is 1. The van der Waals surface area contributed by atoms with Crippen molar-refractivity contribution in [2.45, 2.75) is 13.3 Å². The monoisotopic (exact) mass is 324 g/mol. The lowest BCUT2D eigenvalue weighted by Gasteiger charge is -2.15. The molecule has 2 aromatic carbocycles. The highest BCUT2D eigenvalue weighted by molar-refractivity contribution is 6.34.